The van der Waals surface area contributed by atoms with Crippen LogP contribution >= 0.6 is 0 Å². The van der Waals surface area contributed by atoms with Crippen LogP contribution in [-0.2, 0) is 0 Å². The zero-order chi connectivity index (χ0) is 18.6. The maximum absolute atomic E-state index is 12.7. The molecule has 0 saturated heterocycles. The van der Waals surface area contributed by atoms with Crippen LogP contribution in [0, 0.1) is 10.1 Å². The summed E-state index contributed by atoms with van der Waals surface area (Å²) in [6.07, 6.45) is 0. The molecule has 1 N–H and O–H groups in total. The first-order chi connectivity index (χ1) is 11.8. The fraction of sp³-hybridized carbons (Fsp3) is 0.278. The third-order valence-electron chi connectivity index (χ3n) is 3.87. The van der Waals surface area contributed by atoms with Crippen molar-refractivity contribution in [1.29, 1.82) is 0 Å². The van der Waals surface area contributed by atoms with Gasteiger partial charge in [-0.05, 0) is 19.1 Å². The van der Waals surface area contributed by atoms with Crippen molar-refractivity contribution in [2.45, 2.75) is 13.0 Å². The van der Waals surface area contributed by atoms with E-state index < -0.39 is 4.92 Å². The van der Waals surface area contributed by atoms with Gasteiger partial charge in [0.1, 0.15) is 5.75 Å². The molecule has 0 aromatic heterocycles. The summed E-state index contributed by atoms with van der Waals surface area (Å²) in [5, 5.41) is 13.9. The molecule has 1 atom stereocenters. The second kappa shape index (κ2) is 7.65. The molecule has 0 saturated carbocycles. The summed E-state index contributed by atoms with van der Waals surface area (Å²) in [4.78, 5) is 25.0. The fourth-order valence-electron chi connectivity index (χ4n) is 2.59. The van der Waals surface area contributed by atoms with Gasteiger partial charge in [0.2, 0.25) is 0 Å². The number of nitro benzene ring substituents is 1. The lowest BCUT2D eigenvalue weighted by atomic mass is 10.1. The SMILES string of the molecule is COc1ccccc1C(C)NC(=O)c1cc([N+](=O)[O-])ccc1N(C)C. The molecule has 0 heterocycles. The van der Waals surface area contributed by atoms with Crippen molar-refractivity contribution in [3.05, 3.63) is 63.7 Å². The quantitative estimate of drug-likeness (QED) is 0.643. The topological polar surface area (TPSA) is 84.7 Å². The number of carbonyl (C=O) groups excluding carboxylic acids is 1. The van der Waals surface area contributed by atoms with Crippen molar-refractivity contribution in [1.82, 2.24) is 5.32 Å². The third kappa shape index (κ3) is 4.06. The lowest BCUT2D eigenvalue weighted by molar-refractivity contribution is -0.384. The summed E-state index contributed by atoms with van der Waals surface area (Å²) in [5.41, 5.74) is 1.56. The summed E-state index contributed by atoms with van der Waals surface area (Å²) in [7, 11) is 5.13. The number of hydrogen-bond acceptors (Lipinski definition) is 5. The molecule has 0 aliphatic heterocycles. The molecule has 0 aliphatic rings. The number of rotatable bonds is 6. The summed E-state index contributed by atoms with van der Waals surface area (Å²) in [6, 6.07) is 11.3. The molecule has 1 unspecified atom stereocenters. The second-order valence-electron chi connectivity index (χ2n) is 5.79. The van der Waals surface area contributed by atoms with Gasteiger partial charge < -0.3 is 15.0 Å². The van der Waals surface area contributed by atoms with Gasteiger partial charge in [-0.1, -0.05) is 18.2 Å². The highest BCUT2D eigenvalue weighted by Gasteiger charge is 2.20. The Balaban J connectivity index is 2.33. The Labute approximate surface area is 146 Å². The maximum atomic E-state index is 12.7. The Hall–Kier alpha value is -3.09. The first-order valence-electron chi connectivity index (χ1n) is 7.74. The Morgan fingerprint density at radius 1 is 1.24 bits per heavy atom. The lowest BCUT2D eigenvalue weighted by Crippen LogP contribution is -2.28. The second-order valence-corrected chi connectivity index (χ2v) is 5.79. The van der Waals surface area contributed by atoms with E-state index in [9.17, 15) is 14.9 Å². The van der Waals surface area contributed by atoms with E-state index in [1.807, 2.05) is 31.2 Å². The highest BCUT2D eigenvalue weighted by atomic mass is 16.6. The predicted molar refractivity (Wildman–Crippen MR) is 96.3 cm³/mol. The molecule has 0 bridgehead atoms. The van der Waals surface area contributed by atoms with Crippen molar-refractivity contribution in [3.8, 4) is 5.75 Å². The zero-order valence-electron chi connectivity index (χ0n) is 14.6. The van der Waals surface area contributed by atoms with Gasteiger partial charge in [-0.25, -0.2) is 0 Å². The van der Waals surface area contributed by atoms with E-state index in [0.717, 1.165) is 5.56 Å². The van der Waals surface area contributed by atoms with Gasteiger partial charge in [-0.3, -0.25) is 14.9 Å². The number of methoxy groups -OCH3 is 1. The van der Waals surface area contributed by atoms with Gasteiger partial charge in [0.25, 0.3) is 11.6 Å². The van der Waals surface area contributed by atoms with E-state index >= 15 is 0 Å². The normalized spacial score (nSPS) is 11.5. The van der Waals surface area contributed by atoms with E-state index in [1.165, 1.54) is 12.1 Å². The zero-order valence-corrected chi connectivity index (χ0v) is 14.6. The van der Waals surface area contributed by atoms with Crippen molar-refractivity contribution >= 4 is 17.3 Å². The van der Waals surface area contributed by atoms with Crippen LogP contribution in [0.3, 0.4) is 0 Å². The molecule has 0 fully saturated rings. The summed E-state index contributed by atoms with van der Waals surface area (Å²) >= 11 is 0. The van der Waals surface area contributed by atoms with Crippen LogP contribution in [0.5, 0.6) is 5.75 Å². The largest absolute Gasteiger partial charge is 0.496 e. The van der Waals surface area contributed by atoms with Crippen molar-refractivity contribution < 1.29 is 14.5 Å². The van der Waals surface area contributed by atoms with Crippen LogP contribution < -0.4 is 15.0 Å². The molecular weight excluding hydrogens is 322 g/mol. The van der Waals surface area contributed by atoms with Gasteiger partial charge >= 0.3 is 0 Å². The van der Waals surface area contributed by atoms with Gasteiger partial charge in [0.05, 0.1) is 23.6 Å². The van der Waals surface area contributed by atoms with Gasteiger partial charge in [-0.2, -0.15) is 0 Å². The van der Waals surface area contributed by atoms with E-state index in [1.54, 1.807) is 32.2 Å². The van der Waals surface area contributed by atoms with Crippen LogP contribution in [0.4, 0.5) is 11.4 Å². The molecule has 25 heavy (non-hydrogen) atoms. The predicted octanol–water partition coefficient (Wildman–Crippen LogP) is 3.16. The van der Waals surface area contributed by atoms with Gasteiger partial charge in [0, 0.05) is 37.5 Å². The fourth-order valence-corrected chi connectivity index (χ4v) is 2.59. The van der Waals surface area contributed by atoms with Gasteiger partial charge in [-0.15, -0.1) is 0 Å². The van der Waals surface area contributed by atoms with E-state index in [-0.39, 0.29) is 23.2 Å². The number of non-ortho nitro benzene ring substituents is 1. The molecule has 2 aromatic rings. The molecule has 0 spiro atoms. The van der Waals surface area contributed by atoms with Crippen molar-refractivity contribution in [2.75, 3.05) is 26.1 Å². The average molecular weight is 343 g/mol. The number of ether oxygens (including phenoxy) is 1. The maximum Gasteiger partial charge on any atom is 0.270 e. The molecule has 0 aliphatic carbocycles. The minimum Gasteiger partial charge on any atom is -0.496 e. The Morgan fingerprint density at radius 3 is 2.52 bits per heavy atom. The minimum atomic E-state index is -0.514. The van der Waals surface area contributed by atoms with E-state index in [4.69, 9.17) is 4.74 Å². The molecule has 1 amide bonds. The summed E-state index contributed by atoms with van der Waals surface area (Å²) < 4.78 is 5.32. The Bertz CT molecular complexity index is 790. The highest BCUT2D eigenvalue weighted by molar-refractivity contribution is 6.00. The number of nitrogens with zero attached hydrogens (tertiary/aromatic N) is 2. The van der Waals surface area contributed by atoms with Crippen molar-refractivity contribution in [2.24, 2.45) is 0 Å². The monoisotopic (exact) mass is 343 g/mol. The molecule has 132 valence electrons. The number of nitrogens with one attached hydrogen (secondary N) is 1. The first-order valence-corrected chi connectivity index (χ1v) is 7.74. The first kappa shape index (κ1) is 18.3. The molecule has 7 heteroatoms. The number of anilines is 1. The number of benzene rings is 2. The molecule has 2 aromatic carbocycles. The van der Waals surface area contributed by atoms with Crippen molar-refractivity contribution in [3.63, 3.8) is 0 Å². The van der Waals surface area contributed by atoms with Crippen LogP contribution in [0.1, 0.15) is 28.9 Å². The molecule has 2 rings (SSSR count). The number of para-hydroxylation sites is 1. The number of carbonyl (C=O) groups is 1. The van der Waals surface area contributed by atoms with Crippen LogP contribution in [0.25, 0.3) is 0 Å². The molecule has 7 nitrogen and oxygen atoms in total. The minimum absolute atomic E-state index is 0.124. The smallest absolute Gasteiger partial charge is 0.270 e. The lowest BCUT2D eigenvalue weighted by Gasteiger charge is -2.20. The Kier molecular flexibility index (Phi) is 5.59. The summed E-state index contributed by atoms with van der Waals surface area (Å²) in [5.74, 6) is 0.285. The van der Waals surface area contributed by atoms with Gasteiger partial charge in [0.15, 0.2) is 0 Å². The standard InChI is InChI=1S/C18H21N3O4/c1-12(14-7-5-6-8-17(14)25-4)19-18(22)15-11-13(21(23)24)9-10-16(15)20(2)3/h5-12H,1-4H3,(H,19,22). The number of hydrogen-bond donors (Lipinski definition) is 1. The molecular formula is C18H21N3O4. The van der Waals surface area contributed by atoms with Crippen LogP contribution in [-0.4, -0.2) is 32.0 Å². The van der Waals surface area contributed by atoms with E-state index in [2.05, 4.69) is 5.32 Å². The van der Waals surface area contributed by atoms with E-state index in [0.29, 0.717) is 11.4 Å². The molecule has 0 radical (unpaired) electrons. The third-order valence-corrected chi connectivity index (χ3v) is 3.87. The summed E-state index contributed by atoms with van der Waals surface area (Å²) in [6.45, 7) is 1.84. The average Bonchev–Trinajstić information content (AvgIpc) is 2.60. The van der Waals surface area contributed by atoms with Crippen LogP contribution in [0.15, 0.2) is 42.5 Å². The number of amides is 1. The number of nitro groups is 1. The highest BCUT2D eigenvalue weighted by Crippen LogP contribution is 2.27. The van der Waals surface area contributed by atoms with Crippen LogP contribution in [0.2, 0.25) is 0 Å². The Morgan fingerprint density at radius 2 is 1.92 bits per heavy atom.